The third-order valence-corrected chi connectivity index (χ3v) is 3.29. The van der Waals surface area contributed by atoms with E-state index in [0.717, 1.165) is 13.0 Å². The number of quaternary nitrogens is 1. The highest BCUT2D eigenvalue weighted by Gasteiger charge is 2.42. The zero-order chi connectivity index (χ0) is 10.8. The molecule has 14 heavy (non-hydrogen) atoms. The molecule has 0 saturated carbocycles. The van der Waals surface area contributed by atoms with E-state index in [2.05, 4.69) is 39.3 Å². The van der Waals surface area contributed by atoms with Crippen LogP contribution in [0, 0.1) is 17.8 Å². The first-order valence-corrected chi connectivity index (χ1v) is 5.18. The fraction of sp³-hybridized carbons (Fsp3) is 0.667. The number of aliphatic hydroxyl groups is 1. The summed E-state index contributed by atoms with van der Waals surface area (Å²) < 4.78 is 0. The third kappa shape index (κ3) is 2.17. The summed E-state index contributed by atoms with van der Waals surface area (Å²) in [6, 6.07) is 0.468. The van der Waals surface area contributed by atoms with Gasteiger partial charge in [-0.3, -0.25) is 0 Å². The van der Waals surface area contributed by atoms with Crippen LogP contribution in [-0.2, 0) is 0 Å². The number of nitrogens with one attached hydrogen (secondary N) is 1. The number of hydrogen-bond acceptors (Lipinski definition) is 1. The van der Waals surface area contributed by atoms with Crippen LogP contribution < -0.4 is 4.90 Å². The Morgan fingerprint density at radius 2 is 2.21 bits per heavy atom. The summed E-state index contributed by atoms with van der Waals surface area (Å²) in [5.41, 5.74) is -0.812. The van der Waals surface area contributed by atoms with Gasteiger partial charge in [-0.1, -0.05) is 25.3 Å². The average Bonchev–Trinajstić information content (AvgIpc) is 2.12. The van der Waals surface area contributed by atoms with E-state index in [1.165, 1.54) is 4.90 Å². The molecule has 0 aromatic heterocycles. The van der Waals surface area contributed by atoms with Crippen LogP contribution in [0.2, 0.25) is 0 Å². The molecule has 1 saturated heterocycles. The molecule has 0 aromatic rings. The first-order chi connectivity index (χ1) is 6.49. The summed E-state index contributed by atoms with van der Waals surface area (Å²) in [6.45, 7) is 8.74. The number of rotatable bonds is 0. The Labute approximate surface area is 86.6 Å². The molecule has 2 N–H and O–H groups in total. The van der Waals surface area contributed by atoms with Gasteiger partial charge in [-0.2, -0.15) is 0 Å². The highest BCUT2D eigenvalue weighted by Crippen LogP contribution is 2.23. The SMILES string of the molecule is C=CC#C[C@]1(O)C[C@@H](C)[NH+](C)C[C@H]1C. The normalized spacial score (nSPS) is 42.4. The Balaban J connectivity index is 2.82. The lowest BCUT2D eigenvalue weighted by Crippen LogP contribution is -3.15. The molecule has 0 radical (unpaired) electrons. The van der Waals surface area contributed by atoms with E-state index < -0.39 is 5.60 Å². The second-order valence-corrected chi connectivity index (χ2v) is 4.45. The molecular weight excluding hydrogens is 174 g/mol. The van der Waals surface area contributed by atoms with Crippen molar-refractivity contribution in [1.82, 2.24) is 0 Å². The molecule has 1 rings (SSSR count). The predicted octanol–water partition coefficient (Wildman–Crippen LogP) is -0.150. The van der Waals surface area contributed by atoms with Crippen molar-refractivity contribution in [3.05, 3.63) is 12.7 Å². The smallest absolute Gasteiger partial charge is 0.139 e. The van der Waals surface area contributed by atoms with Crippen LogP contribution in [0.25, 0.3) is 0 Å². The molecule has 4 atom stereocenters. The predicted molar refractivity (Wildman–Crippen MR) is 57.9 cm³/mol. The maximum absolute atomic E-state index is 10.3. The second kappa shape index (κ2) is 4.16. The van der Waals surface area contributed by atoms with E-state index >= 15 is 0 Å². The van der Waals surface area contributed by atoms with Gasteiger partial charge in [0.1, 0.15) is 5.60 Å². The van der Waals surface area contributed by atoms with Crippen LogP contribution in [0.4, 0.5) is 0 Å². The minimum atomic E-state index is -0.812. The van der Waals surface area contributed by atoms with Crippen molar-refractivity contribution in [2.45, 2.75) is 31.9 Å². The maximum atomic E-state index is 10.3. The fourth-order valence-electron chi connectivity index (χ4n) is 2.05. The van der Waals surface area contributed by atoms with Crippen molar-refractivity contribution in [2.24, 2.45) is 5.92 Å². The lowest BCUT2D eigenvalue weighted by Gasteiger charge is -2.40. The molecule has 78 valence electrons. The third-order valence-electron chi connectivity index (χ3n) is 3.29. The first kappa shape index (κ1) is 11.3. The van der Waals surface area contributed by atoms with Gasteiger partial charge >= 0.3 is 0 Å². The van der Waals surface area contributed by atoms with Crippen molar-refractivity contribution in [1.29, 1.82) is 0 Å². The Kier molecular flexibility index (Phi) is 3.36. The van der Waals surface area contributed by atoms with Crippen molar-refractivity contribution in [3.8, 4) is 11.8 Å². The maximum Gasteiger partial charge on any atom is 0.139 e. The summed E-state index contributed by atoms with van der Waals surface area (Å²) >= 11 is 0. The van der Waals surface area contributed by atoms with Crippen LogP contribution >= 0.6 is 0 Å². The quantitative estimate of drug-likeness (QED) is 0.515. The molecule has 1 unspecified atom stereocenters. The molecule has 0 amide bonds. The minimum absolute atomic E-state index is 0.228. The average molecular weight is 194 g/mol. The van der Waals surface area contributed by atoms with Gasteiger partial charge in [0.25, 0.3) is 0 Å². The summed E-state index contributed by atoms with van der Waals surface area (Å²) in [4.78, 5) is 1.47. The largest absolute Gasteiger partial charge is 0.377 e. The van der Waals surface area contributed by atoms with E-state index in [4.69, 9.17) is 0 Å². The van der Waals surface area contributed by atoms with E-state index in [1.54, 1.807) is 6.08 Å². The molecule has 2 heteroatoms. The molecule has 0 aromatic carbocycles. The molecule has 0 aliphatic carbocycles. The highest BCUT2D eigenvalue weighted by atomic mass is 16.3. The number of piperidine rings is 1. The van der Waals surface area contributed by atoms with Crippen LogP contribution in [0.1, 0.15) is 20.3 Å². The van der Waals surface area contributed by atoms with Gasteiger partial charge in [-0.05, 0) is 13.0 Å². The van der Waals surface area contributed by atoms with Gasteiger partial charge in [-0.25, -0.2) is 0 Å². The van der Waals surface area contributed by atoms with Crippen LogP contribution in [0.5, 0.6) is 0 Å². The molecule has 1 fully saturated rings. The monoisotopic (exact) mass is 194 g/mol. The van der Waals surface area contributed by atoms with E-state index in [0.29, 0.717) is 6.04 Å². The van der Waals surface area contributed by atoms with Gasteiger partial charge in [0.05, 0.1) is 19.6 Å². The minimum Gasteiger partial charge on any atom is -0.377 e. The molecule has 1 aliphatic heterocycles. The van der Waals surface area contributed by atoms with Gasteiger partial charge < -0.3 is 10.0 Å². The summed E-state index contributed by atoms with van der Waals surface area (Å²) in [5.74, 6) is 5.93. The fourth-order valence-corrected chi connectivity index (χ4v) is 2.05. The molecule has 0 bridgehead atoms. The zero-order valence-corrected chi connectivity index (χ0v) is 9.30. The lowest BCUT2D eigenvalue weighted by molar-refractivity contribution is -0.915. The molecule has 1 aliphatic rings. The molecule has 0 spiro atoms. The van der Waals surface area contributed by atoms with Crippen molar-refractivity contribution >= 4 is 0 Å². The molecule has 2 nitrogen and oxygen atoms in total. The first-order valence-electron chi connectivity index (χ1n) is 5.18. The van der Waals surface area contributed by atoms with Gasteiger partial charge in [0.15, 0.2) is 0 Å². The van der Waals surface area contributed by atoms with E-state index in [1.807, 2.05) is 0 Å². The summed E-state index contributed by atoms with van der Waals surface area (Å²) in [5, 5.41) is 10.3. The molecular formula is C12H20NO+. The van der Waals surface area contributed by atoms with Crippen LogP contribution in [-0.4, -0.2) is 30.3 Å². The van der Waals surface area contributed by atoms with Gasteiger partial charge in [0, 0.05) is 12.3 Å². The summed E-state index contributed by atoms with van der Waals surface area (Å²) in [6.07, 6.45) is 2.29. The van der Waals surface area contributed by atoms with Crippen molar-refractivity contribution < 1.29 is 10.0 Å². The Hall–Kier alpha value is -0.780. The topological polar surface area (TPSA) is 24.7 Å². The number of likely N-dealkylation sites (tertiary alicyclic amines) is 1. The number of hydrogen-bond donors (Lipinski definition) is 2. The van der Waals surface area contributed by atoms with Crippen molar-refractivity contribution in [3.63, 3.8) is 0 Å². The Morgan fingerprint density at radius 1 is 1.57 bits per heavy atom. The summed E-state index contributed by atoms with van der Waals surface area (Å²) in [7, 11) is 2.17. The van der Waals surface area contributed by atoms with Crippen LogP contribution in [0.15, 0.2) is 12.7 Å². The zero-order valence-electron chi connectivity index (χ0n) is 9.30. The van der Waals surface area contributed by atoms with E-state index in [-0.39, 0.29) is 5.92 Å². The standard InChI is InChI=1S/C12H19NO/c1-5-6-7-12(14)8-11(3)13(4)9-10(12)2/h5,10-11,14H,1,8-9H2,2-4H3/p+1/t10-,11-,12+/m1/s1. The van der Waals surface area contributed by atoms with E-state index in [9.17, 15) is 5.11 Å². The Morgan fingerprint density at radius 3 is 2.79 bits per heavy atom. The second-order valence-electron chi connectivity index (χ2n) is 4.45. The Bertz CT molecular complexity index is 276. The van der Waals surface area contributed by atoms with Gasteiger partial charge in [0.2, 0.25) is 0 Å². The van der Waals surface area contributed by atoms with Crippen molar-refractivity contribution in [2.75, 3.05) is 13.6 Å². The molecule has 1 heterocycles. The van der Waals surface area contributed by atoms with Gasteiger partial charge in [-0.15, -0.1) is 0 Å². The number of allylic oxidation sites excluding steroid dienone is 1. The lowest BCUT2D eigenvalue weighted by atomic mass is 9.79. The highest BCUT2D eigenvalue weighted by molar-refractivity contribution is 5.22. The van der Waals surface area contributed by atoms with Crippen LogP contribution in [0.3, 0.4) is 0 Å².